The molecule has 0 aliphatic carbocycles. The Kier molecular flexibility index (Phi) is 4.48. The maximum Gasteiger partial charge on any atom is 0.0601 e. The van der Waals surface area contributed by atoms with Crippen LogP contribution >= 0.6 is 0 Å². The van der Waals surface area contributed by atoms with E-state index in [1.54, 1.807) is 18.6 Å². The van der Waals surface area contributed by atoms with Crippen molar-refractivity contribution in [1.29, 1.82) is 0 Å². The van der Waals surface area contributed by atoms with Gasteiger partial charge in [0.25, 0.3) is 0 Å². The average molecular weight is 298 g/mol. The summed E-state index contributed by atoms with van der Waals surface area (Å²) in [6, 6.07) is 16.5. The Hall–Kier alpha value is -1.93. The summed E-state index contributed by atoms with van der Waals surface area (Å²) in [4.78, 5) is 13.0. The number of hydrogen-bond donors (Lipinski definition) is 0. The Morgan fingerprint density at radius 1 is 0.789 bits per heavy atom. The van der Waals surface area contributed by atoms with Gasteiger partial charge < -0.3 is 4.98 Å². The zero-order chi connectivity index (χ0) is 12.2. The van der Waals surface area contributed by atoms with E-state index in [2.05, 4.69) is 21.0 Å². The molecular weight excluding hydrogens is 288 g/mol. The zero-order valence-corrected chi connectivity index (χ0v) is 13.3. The molecule has 4 heteroatoms. The minimum absolute atomic E-state index is 0. The Labute approximate surface area is 124 Å². The van der Waals surface area contributed by atoms with Gasteiger partial charge in [-0.25, -0.2) is 0 Å². The fraction of sp³-hybridized carbons (Fsp3) is 0. The Morgan fingerprint density at radius 2 is 1.63 bits per heavy atom. The summed E-state index contributed by atoms with van der Waals surface area (Å²) in [6.45, 7) is 0. The minimum atomic E-state index is 0. The number of hydrogen-bond acceptors (Lipinski definition) is 3. The van der Waals surface area contributed by atoms with E-state index in [1.807, 2.05) is 42.5 Å². The van der Waals surface area contributed by atoms with Crippen molar-refractivity contribution in [2.24, 2.45) is 0 Å². The standard InChI is InChI=1S/C15H10N3.Zn/c1-3-9-16-13(7-1)12-6-5-11-18-15(12)14-8-2-4-10-17-14;/h1-7,9-11H;/q-1;. The molecule has 0 saturated heterocycles. The van der Waals surface area contributed by atoms with Crippen LogP contribution in [-0.2, 0) is 19.5 Å². The van der Waals surface area contributed by atoms with Crippen molar-refractivity contribution >= 4 is 0 Å². The molecule has 0 N–H and O–H groups in total. The van der Waals surface area contributed by atoms with E-state index in [1.165, 1.54) is 0 Å². The molecule has 0 amide bonds. The van der Waals surface area contributed by atoms with Gasteiger partial charge in [0, 0.05) is 31.9 Å². The monoisotopic (exact) mass is 296 g/mol. The van der Waals surface area contributed by atoms with E-state index in [4.69, 9.17) is 0 Å². The first-order chi connectivity index (χ1) is 8.95. The molecule has 0 unspecified atom stereocenters. The Balaban J connectivity index is 0.00000133. The molecule has 3 aromatic rings. The van der Waals surface area contributed by atoms with Crippen LogP contribution in [0.15, 0.2) is 61.1 Å². The van der Waals surface area contributed by atoms with E-state index < -0.39 is 0 Å². The molecule has 3 nitrogen and oxygen atoms in total. The van der Waals surface area contributed by atoms with Crippen LogP contribution in [0.25, 0.3) is 22.6 Å². The summed E-state index contributed by atoms with van der Waals surface area (Å²) in [7, 11) is 0. The second-order valence-corrected chi connectivity index (χ2v) is 3.74. The van der Waals surface area contributed by atoms with Gasteiger partial charge in [-0.15, -0.1) is 6.07 Å². The number of rotatable bonds is 2. The van der Waals surface area contributed by atoms with E-state index in [0.717, 1.165) is 22.6 Å². The minimum Gasteiger partial charge on any atom is -0.317 e. The Bertz CT molecular complexity index is 583. The largest absolute Gasteiger partial charge is 0.317 e. The Morgan fingerprint density at radius 3 is 2.37 bits per heavy atom. The first-order valence-electron chi connectivity index (χ1n) is 5.64. The third-order valence-corrected chi connectivity index (χ3v) is 2.58. The fourth-order valence-electron chi connectivity index (χ4n) is 1.78. The molecule has 19 heavy (non-hydrogen) atoms. The second-order valence-electron chi connectivity index (χ2n) is 3.74. The topological polar surface area (TPSA) is 38.7 Å². The van der Waals surface area contributed by atoms with Crippen LogP contribution in [0.5, 0.6) is 0 Å². The smallest absolute Gasteiger partial charge is 0.0601 e. The van der Waals surface area contributed by atoms with Gasteiger partial charge in [0.2, 0.25) is 0 Å². The molecule has 0 fully saturated rings. The molecular formula is C15H10N3Zn-. The molecule has 88 valence electrons. The molecule has 0 bridgehead atoms. The van der Waals surface area contributed by atoms with E-state index in [9.17, 15) is 0 Å². The molecule has 0 saturated carbocycles. The first kappa shape index (κ1) is 13.5. The molecule has 0 aliphatic heterocycles. The molecule has 0 aromatic carbocycles. The van der Waals surface area contributed by atoms with Crippen molar-refractivity contribution < 1.29 is 19.5 Å². The molecule has 3 rings (SSSR count). The van der Waals surface area contributed by atoms with Gasteiger partial charge in [0.15, 0.2) is 0 Å². The van der Waals surface area contributed by atoms with Crippen molar-refractivity contribution in [2.45, 2.75) is 0 Å². The van der Waals surface area contributed by atoms with Gasteiger partial charge >= 0.3 is 0 Å². The summed E-state index contributed by atoms with van der Waals surface area (Å²) in [5.41, 5.74) is 3.39. The van der Waals surface area contributed by atoms with Crippen molar-refractivity contribution in [2.75, 3.05) is 0 Å². The molecule has 3 aromatic heterocycles. The van der Waals surface area contributed by atoms with Crippen molar-refractivity contribution in [3.63, 3.8) is 0 Å². The SMILES string of the molecule is [Zn].[c-]1cccnc1-c1ncccc1-c1ccccn1. The molecule has 3 heterocycles. The van der Waals surface area contributed by atoms with E-state index >= 15 is 0 Å². The second kappa shape index (κ2) is 6.30. The van der Waals surface area contributed by atoms with Gasteiger partial charge in [-0.1, -0.05) is 12.1 Å². The van der Waals surface area contributed by atoms with Crippen LogP contribution in [0.2, 0.25) is 0 Å². The van der Waals surface area contributed by atoms with Crippen LogP contribution in [0, 0.1) is 6.07 Å². The fourth-order valence-corrected chi connectivity index (χ4v) is 1.78. The average Bonchev–Trinajstić information content (AvgIpc) is 2.49. The van der Waals surface area contributed by atoms with Gasteiger partial charge in [-0.3, -0.25) is 9.97 Å². The van der Waals surface area contributed by atoms with E-state index in [-0.39, 0.29) is 19.5 Å². The van der Waals surface area contributed by atoms with Crippen molar-refractivity contribution in [3.05, 3.63) is 67.1 Å². The van der Waals surface area contributed by atoms with Crippen LogP contribution < -0.4 is 0 Å². The van der Waals surface area contributed by atoms with Crippen LogP contribution in [0.3, 0.4) is 0 Å². The van der Waals surface area contributed by atoms with Gasteiger partial charge in [0.05, 0.1) is 5.69 Å². The van der Waals surface area contributed by atoms with E-state index in [0.29, 0.717) is 0 Å². The summed E-state index contributed by atoms with van der Waals surface area (Å²) in [5.74, 6) is 0. The normalized spacial score (nSPS) is 9.68. The first-order valence-corrected chi connectivity index (χ1v) is 5.64. The molecule has 0 spiro atoms. The van der Waals surface area contributed by atoms with Crippen LogP contribution in [-0.4, -0.2) is 15.0 Å². The number of nitrogens with zero attached hydrogens (tertiary/aromatic N) is 3. The van der Waals surface area contributed by atoms with Crippen LogP contribution in [0.4, 0.5) is 0 Å². The predicted octanol–water partition coefficient (Wildman–Crippen LogP) is 3.00. The third-order valence-electron chi connectivity index (χ3n) is 2.58. The maximum absolute atomic E-state index is 4.39. The summed E-state index contributed by atoms with van der Waals surface area (Å²) < 4.78 is 0. The third kappa shape index (κ3) is 2.91. The van der Waals surface area contributed by atoms with Gasteiger partial charge in [-0.05, 0) is 41.3 Å². The number of pyridine rings is 3. The van der Waals surface area contributed by atoms with Gasteiger partial charge in [0.1, 0.15) is 0 Å². The molecule has 0 aliphatic rings. The summed E-state index contributed by atoms with van der Waals surface area (Å²) >= 11 is 0. The van der Waals surface area contributed by atoms with Crippen molar-refractivity contribution in [3.8, 4) is 22.6 Å². The molecule has 0 radical (unpaired) electrons. The quantitative estimate of drug-likeness (QED) is 0.539. The van der Waals surface area contributed by atoms with Crippen molar-refractivity contribution in [1.82, 2.24) is 15.0 Å². The van der Waals surface area contributed by atoms with Crippen LogP contribution in [0.1, 0.15) is 0 Å². The zero-order valence-electron chi connectivity index (χ0n) is 10.3. The predicted molar refractivity (Wildman–Crippen MR) is 69.5 cm³/mol. The molecule has 0 atom stereocenters. The van der Waals surface area contributed by atoms with Gasteiger partial charge in [-0.2, -0.15) is 12.1 Å². The number of aromatic nitrogens is 3. The summed E-state index contributed by atoms with van der Waals surface area (Å²) in [5, 5.41) is 0. The summed E-state index contributed by atoms with van der Waals surface area (Å²) in [6.07, 6.45) is 5.27. The maximum atomic E-state index is 4.39.